The predicted octanol–water partition coefficient (Wildman–Crippen LogP) is 4.04. The van der Waals surface area contributed by atoms with Crippen molar-refractivity contribution in [1.82, 2.24) is 10.6 Å². The van der Waals surface area contributed by atoms with Crippen LogP contribution in [0.25, 0.3) is 10.1 Å². The summed E-state index contributed by atoms with van der Waals surface area (Å²) in [7, 11) is 1.70. The molecule has 0 radical (unpaired) electrons. The highest BCUT2D eigenvalue weighted by Gasteiger charge is 2.12. The smallest absolute Gasteiger partial charge is 0.224 e. The number of aliphatic hydroxyl groups is 1. The van der Waals surface area contributed by atoms with Gasteiger partial charge in [-0.2, -0.15) is 0 Å². The Hall–Kier alpha value is -2.90. The van der Waals surface area contributed by atoms with Crippen LogP contribution in [0.15, 0.2) is 59.6 Å². The number of anilines is 1. The number of benzene rings is 2. The number of nitrogens with one attached hydrogen (secondary N) is 3. The van der Waals surface area contributed by atoms with Crippen molar-refractivity contribution in [2.75, 3.05) is 18.9 Å². The van der Waals surface area contributed by atoms with Crippen LogP contribution in [0.3, 0.4) is 0 Å². The van der Waals surface area contributed by atoms with Crippen molar-refractivity contribution in [2.24, 2.45) is 4.99 Å². The van der Waals surface area contributed by atoms with Crippen LogP contribution >= 0.6 is 11.3 Å². The van der Waals surface area contributed by atoms with Gasteiger partial charge in [-0.3, -0.25) is 9.79 Å². The van der Waals surface area contributed by atoms with Gasteiger partial charge in [0.15, 0.2) is 5.96 Å². The molecule has 158 valence electrons. The minimum absolute atomic E-state index is 0.0326. The van der Waals surface area contributed by atoms with Crippen molar-refractivity contribution in [2.45, 2.75) is 32.4 Å². The maximum Gasteiger partial charge on any atom is 0.224 e. The molecule has 1 amide bonds. The number of aliphatic hydroxyl groups excluding tert-OH is 1. The third-order valence-electron chi connectivity index (χ3n) is 4.63. The zero-order valence-electron chi connectivity index (χ0n) is 17.3. The minimum atomic E-state index is -0.605. The summed E-state index contributed by atoms with van der Waals surface area (Å²) in [5, 5.41) is 21.0. The van der Waals surface area contributed by atoms with Gasteiger partial charge in [0, 0.05) is 41.8 Å². The van der Waals surface area contributed by atoms with Gasteiger partial charge in [-0.15, -0.1) is 11.3 Å². The van der Waals surface area contributed by atoms with Crippen LogP contribution in [-0.2, 0) is 11.3 Å². The van der Waals surface area contributed by atoms with Crippen molar-refractivity contribution in [3.63, 3.8) is 0 Å². The Balaban J connectivity index is 1.48. The van der Waals surface area contributed by atoms with E-state index in [-0.39, 0.29) is 5.91 Å². The van der Waals surface area contributed by atoms with Crippen molar-refractivity contribution in [1.29, 1.82) is 0 Å². The molecule has 2 aromatic carbocycles. The van der Waals surface area contributed by atoms with E-state index < -0.39 is 6.10 Å². The fourth-order valence-corrected chi connectivity index (χ4v) is 4.07. The van der Waals surface area contributed by atoms with Crippen molar-refractivity contribution in [3.05, 3.63) is 65.0 Å². The van der Waals surface area contributed by atoms with Crippen LogP contribution in [0.2, 0.25) is 0 Å². The summed E-state index contributed by atoms with van der Waals surface area (Å²) < 4.78 is 1.17. The lowest BCUT2D eigenvalue weighted by atomic mass is 10.2. The van der Waals surface area contributed by atoms with E-state index in [0.29, 0.717) is 25.5 Å². The van der Waals surface area contributed by atoms with E-state index in [1.165, 1.54) is 4.70 Å². The molecule has 30 heavy (non-hydrogen) atoms. The fourth-order valence-electron chi connectivity index (χ4n) is 3.02. The highest BCUT2D eigenvalue weighted by Crippen LogP contribution is 2.29. The molecule has 0 saturated carbocycles. The molecule has 1 heterocycles. The summed E-state index contributed by atoms with van der Waals surface area (Å²) in [5.74, 6) is 0.653. The number of rotatable bonds is 8. The lowest BCUT2D eigenvalue weighted by molar-refractivity contribution is -0.116. The Kier molecular flexibility index (Phi) is 7.82. The average molecular weight is 425 g/mol. The van der Waals surface area contributed by atoms with Crippen LogP contribution in [0, 0.1) is 0 Å². The number of amides is 1. The lowest BCUT2D eigenvalue weighted by Gasteiger charge is -2.15. The summed E-state index contributed by atoms with van der Waals surface area (Å²) >= 11 is 1.60. The van der Waals surface area contributed by atoms with Gasteiger partial charge in [0.2, 0.25) is 5.91 Å². The van der Waals surface area contributed by atoms with Gasteiger partial charge in [0.25, 0.3) is 0 Å². The first-order chi connectivity index (χ1) is 14.6. The minimum Gasteiger partial charge on any atom is -0.386 e. The third-order valence-corrected chi connectivity index (χ3v) is 5.85. The van der Waals surface area contributed by atoms with E-state index in [1.54, 1.807) is 18.4 Å². The maximum atomic E-state index is 11.7. The van der Waals surface area contributed by atoms with Gasteiger partial charge in [-0.25, -0.2) is 0 Å². The Labute approximate surface area is 181 Å². The molecule has 0 aliphatic carbocycles. The number of thiophene rings is 1. The fraction of sp³-hybridized carbons (Fsp3) is 0.304. The summed E-state index contributed by atoms with van der Waals surface area (Å²) in [6, 6.07) is 17.9. The Bertz CT molecular complexity index is 965. The molecule has 1 atom stereocenters. The van der Waals surface area contributed by atoms with Crippen molar-refractivity contribution < 1.29 is 9.90 Å². The van der Waals surface area contributed by atoms with Crippen LogP contribution in [0.5, 0.6) is 0 Å². The zero-order valence-corrected chi connectivity index (χ0v) is 18.1. The van der Waals surface area contributed by atoms with Gasteiger partial charge in [-0.1, -0.05) is 37.3 Å². The largest absolute Gasteiger partial charge is 0.386 e. The number of nitrogens with zero attached hydrogens (tertiary/aromatic N) is 1. The monoisotopic (exact) mass is 424 g/mol. The molecule has 1 unspecified atom stereocenters. The zero-order chi connectivity index (χ0) is 21.3. The molecule has 1 aromatic heterocycles. The molecule has 0 saturated heterocycles. The second kappa shape index (κ2) is 10.8. The standard InChI is InChI=1S/C23H28N4O2S/c1-3-6-22(29)27-18-11-9-16(10-12-18)14-25-23(24-2)26-15-19(28)21-13-17-7-4-5-8-20(17)30-21/h4-5,7-13,19,28H,3,6,14-15H2,1-2H3,(H,27,29)(H2,24,25,26). The molecule has 3 aromatic rings. The van der Waals surface area contributed by atoms with E-state index in [2.05, 4.69) is 33.1 Å². The molecular formula is C23H28N4O2S. The molecule has 0 fully saturated rings. The number of guanidine groups is 1. The van der Waals surface area contributed by atoms with E-state index in [4.69, 9.17) is 0 Å². The molecular weight excluding hydrogens is 396 g/mol. The predicted molar refractivity (Wildman–Crippen MR) is 125 cm³/mol. The van der Waals surface area contributed by atoms with Gasteiger partial charge in [0.05, 0.1) is 0 Å². The number of fused-ring (bicyclic) bond motifs is 1. The van der Waals surface area contributed by atoms with Crippen molar-refractivity contribution in [3.8, 4) is 0 Å². The first-order valence-electron chi connectivity index (χ1n) is 10.1. The maximum absolute atomic E-state index is 11.7. The van der Waals surface area contributed by atoms with Gasteiger partial charge >= 0.3 is 0 Å². The van der Waals surface area contributed by atoms with Gasteiger partial charge in [0.1, 0.15) is 6.10 Å². The molecule has 0 spiro atoms. The normalized spacial score (nSPS) is 12.6. The van der Waals surface area contributed by atoms with Crippen LogP contribution in [-0.4, -0.2) is 30.6 Å². The van der Waals surface area contributed by atoms with Gasteiger partial charge in [-0.05, 0) is 41.6 Å². The second-order valence-electron chi connectivity index (χ2n) is 7.00. The SMILES string of the molecule is CCCC(=O)Nc1ccc(CNC(=NC)NCC(O)c2cc3ccccc3s2)cc1. The lowest BCUT2D eigenvalue weighted by Crippen LogP contribution is -2.38. The third kappa shape index (κ3) is 6.05. The number of hydrogen-bond donors (Lipinski definition) is 4. The molecule has 0 aliphatic heterocycles. The average Bonchev–Trinajstić information content (AvgIpc) is 3.19. The van der Waals surface area contributed by atoms with Crippen LogP contribution in [0.4, 0.5) is 5.69 Å². The van der Waals surface area contributed by atoms with Crippen LogP contribution in [0.1, 0.15) is 36.3 Å². The Morgan fingerprint density at radius 3 is 2.60 bits per heavy atom. The summed E-state index contributed by atoms with van der Waals surface area (Å²) in [5.41, 5.74) is 1.86. The van der Waals surface area contributed by atoms with Crippen molar-refractivity contribution >= 4 is 39.0 Å². The highest BCUT2D eigenvalue weighted by atomic mass is 32.1. The number of carbonyl (C=O) groups excluding carboxylic acids is 1. The first-order valence-corrected chi connectivity index (χ1v) is 10.9. The van der Waals surface area contributed by atoms with E-state index in [1.807, 2.05) is 49.4 Å². The number of carbonyl (C=O) groups is 1. The topological polar surface area (TPSA) is 85.8 Å². The first kappa shape index (κ1) is 21.8. The summed E-state index contributed by atoms with van der Waals surface area (Å²) in [6.45, 7) is 2.94. The molecule has 0 aliphatic rings. The molecule has 7 heteroatoms. The molecule has 3 rings (SSSR count). The number of aliphatic imine (C=N–C) groups is 1. The summed E-state index contributed by atoms with van der Waals surface area (Å²) in [4.78, 5) is 16.8. The quantitative estimate of drug-likeness (QED) is 0.325. The van der Waals surface area contributed by atoms with E-state index in [0.717, 1.165) is 27.9 Å². The highest BCUT2D eigenvalue weighted by molar-refractivity contribution is 7.19. The molecule has 0 bridgehead atoms. The number of hydrogen-bond acceptors (Lipinski definition) is 4. The second-order valence-corrected chi connectivity index (χ2v) is 8.12. The van der Waals surface area contributed by atoms with Gasteiger partial charge < -0.3 is 21.1 Å². The van der Waals surface area contributed by atoms with E-state index in [9.17, 15) is 9.90 Å². The Morgan fingerprint density at radius 1 is 1.13 bits per heavy atom. The molecule has 4 N–H and O–H groups in total. The van der Waals surface area contributed by atoms with E-state index >= 15 is 0 Å². The van der Waals surface area contributed by atoms with Crippen LogP contribution < -0.4 is 16.0 Å². The summed E-state index contributed by atoms with van der Waals surface area (Å²) in [6.07, 6.45) is 0.753. The molecule has 6 nitrogen and oxygen atoms in total. The Morgan fingerprint density at radius 2 is 1.90 bits per heavy atom.